The minimum atomic E-state index is -3.02. The third-order valence-corrected chi connectivity index (χ3v) is 1.40. The van der Waals surface area contributed by atoms with Crippen molar-refractivity contribution in [3.8, 4) is 0 Å². The molecule has 1 aromatic heterocycles. The van der Waals surface area contributed by atoms with E-state index in [-0.39, 0.29) is 10.1 Å². The van der Waals surface area contributed by atoms with E-state index < -0.39 is 18.1 Å². The first-order valence-corrected chi connectivity index (χ1v) is 3.26. The Kier molecular flexibility index (Phi) is 2.41. The van der Waals surface area contributed by atoms with E-state index in [0.717, 1.165) is 12.1 Å². The summed E-state index contributed by atoms with van der Waals surface area (Å²) in [6.45, 7) is -3.02. The number of aromatic carboxylic acids is 1. The maximum atomic E-state index is 12.0. The van der Waals surface area contributed by atoms with Gasteiger partial charge >= 0.3 is 12.5 Å². The normalized spacial score (nSPS) is 10.4. The molecule has 0 saturated carbocycles. The van der Waals surface area contributed by atoms with Gasteiger partial charge in [-0.3, -0.25) is 9.36 Å². The molecule has 0 spiro atoms. The number of hydrogen-bond acceptors (Lipinski definition) is 2. The number of hydrogen-bond donors (Lipinski definition) is 1. The predicted molar refractivity (Wildman–Crippen MR) is 38.9 cm³/mol. The molecule has 70 valence electrons. The van der Waals surface area contributed by atoms with E-state index in [1.165, 1.54) is 0 Å². The number of aromatic nitrogens is 1. The summed E-state index contributed by atoms with van der Waals surface area (Å²) in [7, 11) is 0. The molecule has 1 aromatic rings. The number of alkyl halides is 2. The molecule has 0 aliphatic carbocycles. The second-order valence-electron chi connectivity index (χ2n) is 2.25. The van der Waals surface area contributed by atoms with Crippen molar-refractivity contribution in [3.63, 3.8) is 0 Å². The van der Waals surface area contributed by atoms with E-state index >= 15 is 0 Å². The molecule has 1 heterocycles. The number of pyridine rings is 1. The van der Waals surface area contributed by atoms with Gasteiger partial charge in [0.15, 0.2) is 0 Å². The van der Waals surface area contributed by atoms with E-state index in [9.17, 15) is 18.4 Å². The molecule has 4 nitrogen and oxygen atoms in total. The molecule has 1 rings (SSSR count). The fourth-order valence-electron chi connectivity index (χ4n) is 0.783. The summed E-state index contributed by atoms with van der Waals surface area (Å²) in [6, 6.07) is 1.76. The first kappa shape index (κ1) is 9.37. The maximum Gasteiger partial charge on any atom is 0.337 e. The van der Waals surface area contributed by atoms with Gasteiger partial charge in [-0.15, -0.1) is 0 Å². The van der Waals surface area contributed by atoms with Gasteiger partial charge < -0.3 is 5.11 Å². The molecule has 0 atom stereocenters. The van der Waals surface area contributed by atoms with Crippen molar-refractivity contribution < 1.29 is 18.7 Å². The Bertz CT molecular complexity index is 386. The van der Waals surface area contributed by atoms with E-state index in [0.29, 0.717) is 6.20 Å². The van der Waals surface area contributed by atoms with Gasteiger partial charge in [0.2, 0.25) is 0 Å². The monoisotopic (exact) mass is 189 g/mol. The van der Waals surface area contributed by atoms with Crippen molar-refractivity contribution in [1.29, 1.82) is 0 Å². The number of carboxylic acids is 1. The van der Waals surface area contributed by atoms with Crippen LogP contribution in [0.3, 0.4) is 0 Å². The highest BCUT2D eigenvalue weighted by atomic mass is 19.3. The largest absolute Gasteiger partial charge is 0.478 e. The standard InChI is InChI=1S/C7H5F2NO3/c8-7(9)10-3-4(6(12)13)1-2-5(10)11/h1-3,7H,(H,12,13). The molecule has 0 aliphatic heterocycles. The minimum Gasteiger partial charge on any atom is -0.478 e. The highest BCUT2D eigenvalue weighted by molar-refractivity contribution is 5.87. The highest BCUT2D eigenvalue weighted by Gasteiger charge is 2.10. The highest BCUT2D eigenvalue weighted by Crippen LogP contribution is 2.07. The summed E-state index contributed by atoms with van der Waals surface area (Å²) in [5.41, 5.74) is -1.28. The average Bonchev–Trinajstić information content (AvgIpc) is 2.04. The van der Waals surface area contributed by atoms with Crippen molar-refractivity contribution in [2.45, 2.75) is 6.55 Å². The molecule has 0 saturated heterocycles. The second kappa shape index (κ2) is 3.34. The van der Waals surface area contributed by atoms with Gasteiger partial charge in [-0.2, -0.15) is 8.78 Å². The van der Waals surface area contributed by atoms with Crippen LogP contribution in [-0.2, 0) is 0 Å². The van der Waals surface area contributed by atoms with Gasteiger partial charge in [-0.1, -0.05) is 0 Å². The summed E-state index contributed by atoms with van der Waals surface area (Å²) in [6.07, 6.45) is 0.606. The molecule has 13 heavy (non-hydrogen) atoms. The zero-order chi connectivity index (χ0) is 10.0. The Labute approximate surface area is 71.0 Å². The van der Waals surface area contributed by atoms with Crippen LogP contribution < -0.4 is 5.56 Å². The molecule has 0 aliphatic rings. The van der Waals surface area contributed by atoms with Gasteiger partial charge in [-0.25, -0.2) is 4.79 Å². The van der Waals surface area contributed by atoms with Crippen molar-refractivity contribution in [3.05, 3.63) is 34.2 Å². The van der Waals surface area contributed by atoms with Crippen molar-refractivity contribution in [2.75, 3.05) is 0 Å². The van der Waals surface area contributed by atoms with Crippen LogP contribution in [0, 0.1) is 0 Å². The first-order chi connectivity index (χ1) is 6.02. The van der Waals surface area contributed by atoms with Crippen LogP contribution >= 0.6 is 0 Å². The van der Waals surface area contributed by atoms with Crippen LogP contribution in [0.2, 0.25) is 0 Å². The molecule has 0 amide bonds. The Balaban J connectivity index is 3.27. The zero-order valence-electron chi connectivity index (χ0n) is 6.28. The third-order valence-electron chi connectivity index (χ3n) is 1.40. The second-order valence-corrected chi connectivity index (χ2v) is 2.25. The van der Waals surface area contributed by atoms with Gasteiger partial charge in [0.05, 0.1) is 5.56 Å². The Morgan fingerprint density at radius 1 is 1.46 bits per heavy atom. The van der Waals surface area contributed by atoms with Crippen molar-refractivity contribution >= 4 is 5.97 Å². The lowest BCUT2D eigenvalue weighted by molar-refractivity contribution is 0.0635. The minimum absolute atomic E-state index is 0.0590. The predicted octanol–water partition coefficient (Wildman–Crippen LogP) is 0.942. The first-order valence-electron chi connectivity index (χ1n) is 3.26. The SMILES string of the molecule is O=C(O)c1ccc(=O)n(C(F)F)c1. The number of carbonyl (C=O) groups is 1. The topological polar surface area (TPSA) is 59.3 Å². The lowest BCUT2D eigenvalue weighted by atomic mass is 10.3. The quantitative estimate of drug-likeness (QED) is 0.753. The lowest BCUT2D eigenvalue weighted by Crippen LogP contribution is -2.20. The molecule has 0 bridgehead atoms. The Morgan fingerprint density at radius 3 is 2.54 bits per heavy atom. The number of halogens is 2. The van der Waals surface area contributed by atoms with Gasteiger partial charge in [-0.05, 0) is 6.07 Å². The smallest absolute Gasteiger partial charge is 0.337 e. The lowest BCUT2D eigenvalue weighted by Gasteiger charge is -2.03. The van der Waals surface area contributed by atoms with Crippen LogP contribution in [0.15, 0.2) is 23.1 Å². The van der Waals surface area contributed by atoms with Gasteiger partial charge in [0, 0.05) is 12.3 Å². The van der Waals surface area contributed by atoms with Gasteiger partial charge in [0.25, 0.3) is 5.56 Å². The van der Waals surface area contributed by atoms with E-state index in [1.807, 2.05) is 0 Å². The number of carboxylic acid groups (broad SMARTS) is 1. The van der Waals surface area contributed by atoms with Crippen molar-refractivity contribution in [1.82, 2.24) is 4.57 Å². The molecule has 6 heteroatoms. The fourth-order valence-corrected chi connectivity index (χ4v) is 0.783. The molecular formula is C7H5F2NO3. The number of rotatable bonds is 2. The summed E-state index contributed by atoms with van der Waals surface area (Å²) >= 11 is 0. The molecule has 0 radical (unpaired) electrons. The maximum absolute atomic E-state index is 12.0. The summed E-state index contributed by atoms with van der Waals surface area (Å²) in [5.74, 6) is -1.35. The average molecular weight is 189 g/mol. The van der Waals surface area contributed by atoms with E-state index in [1.54, 1.807) is 0 Å². The van der Waals surface area contributed by atoms with Crippen LogP contribution in [0.25, 0.3) is 0 Å². The summed E-state index contributed by atoms with van der Waals surface area (Å²) in [4.78, 5) is 21.1. The fraction of sp³-hybridized carbons (Fsp3) is 0.143. The molecule has 1 N–H and O–H groups in total. The molecular weight excluding hydrogens is 184 g/mol. The molecule has 0 aromatic carbocycles. The Hall–Kier alpha value is -1.72. The Morgan fingerprint density at radius 2 is 2.08 bits per heavy atom. The number of nitrogens with zero attached hydrogens (tertiary/aromatic N) is 1. The molecule has 0 fully saturated rings. The summed E-state index contributed by atoms with van der Waals surface area (Å²) in [5, 5.41) is 8.42. The van der Waals surface area contributed by atoms with Crippen LogP contribution in [0.5, 0.6) is 0 Å². The van der Waals surface area contributed by atoms with Crippen LogP contribution in [-0.4, -0.2) is 15.6 Å². The van der Waals surface area contributed by atoms with Crippen LogP contribution in [0.4, 0.5) is 8.78 Å². The van der Waals surface area contributed by atoms with E-state index in [2.05, 4.69) is 0 Å². The summed E-state index contributed by atoms with van der Waals surface area (Å²) < 4.78 is 24.1. The molecule has 0 unspecified atom stereocenters. The third kappa shape index (κ3) is 1.90. The zero-order valence-corrected chi connectivity index (χ0v) is 6.28. The van der Waals surface area contributed by atoms with Gasteiger partial charge in [0.1, 0.15) is 0 Å². The van der Waals surface area contributed by atoms with Crippen molar-refractivity contribution in [2.24, 2.45) is 0 Å². The van der Waals surface area contributed by atoms with Crippen LogP contribution in [0.1, 0.15) is 16.9 Å². The van der Waals surface area contributed by atoms with E-state index in [4.69, 9.17) is 5.11 Å².